The van der Waals surface area contributed by atoms with Crippen LogP contribution in [0, 0.1) is 0 Å². The fourth-order valence-corrected chi connectivity index (χ4v) is 1.80. The van der Waals surface area contributed by atoms with Crippen molar-refractivity contribution in [1.82, 2.24) is 0 Å². The van der Waals surface area contributed by atoms with Crippen LogP contribution in [-0.4, -0.2) is 57.7 Å². The molecule has 1 aliphatic rings. The maximum atomic E-state index is 9.74. The number of para-hydroxylation sites is 1. The molecule has 0 saturated carbocycles. The summed E-state index contributed by atoms with van der Waals surface area (Å²) in [5, 5.41) is 37.9. The molecule has 100 valence electrons. The van der Waals surface area contributed by atoms with Gasteiger partial charge in [0, 0.05) is 0 Å². The Morgan fingerprint density at radius 2 is 1.67 bits per heavy atom. The topological polar surface area (TPSA) is 99.4 Å². The number of ether oxygens (including phenoxy) is 2. The third kappa shape index (κ3) is 2.63. The van der Waals surface area contributed by atoms with E-state index in [1.165, 1.54) is 0 Å². The molecule has 3 unspecified atom stereocenters. The highest BCUT2D eigenvalue weighted by Gasteiger charge is 2.44. The summed E-state index contributed by atoms with van der Waals surface area (Å²) < 4.78 is 10.6. The minimum atomic E-state index is -1.43. The van der Waals surface area contributed by atoms with Gasteiger partial charge >= 0.3 is 0 Å². The van der Waals surface area contributed by atoms with Gasteiger partial charge in [-0.15, -0.1) is 0 Å². The van der Waals surface area contributed by atoms with E-state index in [0.29, 0.717) is 5.75 Å². The van der Waals surface area contributed by atoms with Crippen molar-refractivity contribution in [3.63, 3.8) is 0 Å². The average Bonchev–Trinajstić information content (AvgIpc) is 2.40. The Morgan fingerprint density at radius 3 is 2.28 bits per heavy atom. The minimum absolute atomic E-state index is 0.460. The standard InChI is InChI=1S/C12H16O6/c13-6-8-9(14)10(15)11(16)12(18-8)17-7-4-2-1-3-5-7/h1-5,8-16H,6H2/t8?,9-,10?,11?,12-/m0/s1. The van der Waals surface area contributed by atoms with E-state index in [9.17, 15) is 15.3 Å². The molecule has 1 aromatic rings. The molecule has 0 aliphatic carbocycles. The molecule has 6 nitrogen and oxygen atoms in total. The summed E-state index contributed by atoms with van der Waals surface area (Å²) in [6.07, 6.45) is -6.28. The van der Waals surface area contributed by atoms with Crippen LogP contribution in [0.2, 0.25) is 0 Å². The van der Waals surface area contributed by atoms with Crippen LogP contribution in [-0.2, 0) is 4.74 Å². The van der Waals surface area contributed by atoms with Crippen molar-refractivity contribution in [2.45, 2.75) is 30.7 Å². The van der Waals surface area contributed by atoms with Crippen LogP contribution in [0.4, 0.5) is 0 Å². The van der Waals surface area contributed by atoms with E-state index >= 15 is 0 Å². The zero-order valence-electron chi connectivity index (χ0n) is 9.59. The fraction of sp³-hybridized carbons (Fsp3) is 0.500. The minimum Gasteiger partial charge on any atom is -0.462 e. The van der Waals surface area contributed by atoms with Crippen LogP contribution in [0.3, 0.4) is 0 Å². The number of hydrogen-bond acceptors (Lipinski definition) is 6. The SMILES string of the molecule is OCC1O[C@H](Oc2ccccc2)C(O)C(O)[C@H]1O. The maximum Gasteiger partial charge on any atom is 0.229 e. The van der Waals surface area contributed by atoms with Gasteiger partial charge in [-0.3, -0.25) is 0 Å². The monoisotopic (exact) mass is 256 g/mol. The van der Waals surface area contributed by atoms with Crippen molar-refractivity contribution in [3.05, 3.63) is 30.3 Å². The molecule has 4 N–H and O–H groups in total. The van der Waals surface area contributed by atoms with Gasteiger partial charge in [0.2, 0.25) is 6.29 Å². The van der Waals surface area contributed by atoms with Crippen molar-refractivity contribution in [1.29, 1.82) is 0 Å². The Balaban J connectivity index is 2.08. The Morgan fingerprint density at radius 1 is 1.00 bits per heavy atom. The van der Waals surface area contributed by atoms with Crippen molar-refractivity contribution in [2.75, 3.05) is 6.61 Å². The number of hydrogen-bond donors (Lipinski definition) is 4. The van der Waals surface area contributed by atoms with E-state index < -0.39 is 37.3 Å². The molecular weight excluding hydrogens is 240 g/mol. The zero-order chi connectivity index (χ0) is 13.1. The van der Waals surface area contributed by atoms with Gasteiger partial charge in [-0.05, 0) is 12.1 Å². The smallest absolute Gasteiger partial charge is 0.229 e. The molecule has 1 saturated heterocycles. The van der Waals surface area contributed by atoms with Gasteiger partial charge in [0.15, 0.2) is 0 Å². The predicted octanol–water partition coefficient (Wildman–Crippen LogP) is -1.13. The first-order valence-corrected chi connectivity index (χ1v) is 5.65. The van der Waals surface area contributed by atoms with E-state index in [0.717, 1.165) is 0 Å². The summed E-state index contributed by atoms with van der Waals surface area (Å²) >= 11 is 0. The van der Waals surface area contributed by atoms with Crippen LogP contribution in [0.25, 0.3) is 0 Å². The van der Waals surface area contributed by atoms with E-state index in [1.54, 1.807) is 30.3 Å². The van der Waals surface area contributed by atoms with Gasteiger partial charge in [-0.2, -0.15) is 0 Å². The van der Waals surface area contributed by atoms with Gasteiger partial charge < -0.3 is 29.9 Å². The number of rotatable bonds is 3. The third-order valence-electron chi connectivity index (χ3n) is 2.84. The quantitative estimate of drug-likeness (QED) is 0.546. The lowest BCUT2D eigenvalue weighted by Crippen LogP contribution is -2.60. The van der Waals surface area contributed by atoms with E-state index in [4.69, 9.17) is 14.6 Å². The Kier molecular flexibility index (Phi) is 4.15. The van der Waals surface area contributed by atoms with Crippen LogP contribution in [0.1, 0.15) is 0 Å². The van der Waals surface area contributed by atoms with Crippen molar-refractivity contribution >= 4 is 0 Å². The molecule has 0 radical (unpaired) electrons. The highest BCUT2D eigenvalue weighted by molar-refractivity contribution is 5.21. The molecule has 0 amide bonds. The van der Waals surface area contributed by atoms with Crippen molar-refractivity contribution in [3.8, 4) is 5.75 Å². The molecule has 6 heteroatoms. The van der Waals surface area contributed by atoms with Crippen LogP contribution < -0.4 is 4.74 Å². The first-order valence-electron chi connectivity index (χ1n) is 5.65. The van der Waals surface area contributed by atoms with Crippen molar-refractivity contribution < 1.29 is 29.9 Å². The van der Waals surface area contributed by atoms with Crippen molar-refractivity contribution in [2.24, 2.45) is 0 Å². The highest BCUT2D eigenvalue weighted by atomic mass is 16.7. The Hall–Kier alpha value is -1.18. The van der Waals surface area contributed by atoms with Gasteiger partial charge in [0.05, 0.1) is 6.61 Å². The van der Waals surface area contributed by atoms with Crippen LogP contribution in [0.15, 0.2) is 30.3 Å². The number of benzene rings is 1. The van der Waals surface area contributed by atoms with Crippen LogP contribution >= 0.6 is 0 Å². The first-order chi connectivity index (χ1) is 8.63. The summed E-state index contributed by atoms with van der Waals surface area (Å²) in [4.78, 5) is 0. The fourth-order valence-electron chi connectivity index (χ4n) is 1.80. The second-order valence-electron chi connectivity index (χ2n) is 4.13. The molecule has 0 aromatic heterocycles. The largest absolute Gasteiger partial charge is 0.462 e. The lowest BCUT2D eigenvalue weighted by molar-refractivity contribution is -0.277. The number of aliphatic hydroxyl groups is 4. The lowest BCUT2D eigenvalue weighted by atomic mass is 9.99. The van der Waals surface area contributed by atoms with E-state index in [1.807, 2.05) is 0 Å². The summed E-state index contributed by atoms with van der Waals surface area (Å²) in [6.45, 7) is -0.473. The summed E-state index contributed by atoms with van der Waals surface area (Å²) in [7, 11) is 0. The zero-order valence-corrected chi connectivity index (χ0v) is 9.59. The van der Waals surface area contributed by atoms with E-state index in [2.05, 4.69) is 0 Å². The summed E-state index contributed by atoms with van der Waals surface area (Å²) in [6, 6.07) is 8.64. The van der Waals surface area contributed by atoms with Gasteiger partial charge in [-0.1, -0.05) is 18.2 Å². The highest BCUT2D eigenvalue weighted by Crippen LogP contribution is 2.23. The van der Waals surface area contributed by atoms with Gasteiger partial charge in [-0.25, -0.2) is 0 Å². The first kappa shape index (κ1) is 13.3. The molecule has 0 bridgehead atoms. The van der Waals surface area contributed by atoms with Crippen LogP contribution in [0.5, 0.6) is 5.75 Å². The molecule has 18 heavy (non-hydrogen) atoms. The maximum absolute atomic E-state index is 9.74. The summed E-state index contributed by atoms with van der Waals surface area (Å²) in [5.41, 5.74) is 0. The molecule has 1 aliphatic heterocycles. The normalized spacial score (nSPS) is 36.3. The third-order valence-corrected chi connectivity index (χ3v) is 2.84. The molecule has 1 aromatic carbocycles. The average molecular weight is 256 g/mol. The second kappa shape index (κ2) is 5.64. The molecular formula is C12H16O6. The predicted molar refractivity (Wildman–Crippen MR) is 60.8 cm³/mol. The second-order valence-corrected chi connectivity index (χ2v) is 4.13. The molecule has 1 fully saturated rings. The van der Waals surface area contributed by atoms with Gasteiger partial charge in [0.25, 0.3) is 0 Å². The molecule has 0 spiro atoms. The Bertz CT molecular complexity index is 368. The Labute approximate surface area is 104 Å². The molecule has 1 heterocycles. The van der Waals surface area contributed by atoms with E-state index in [-0.39, 0.29) is 0 Å². The number of aliphatic hydroxyl groups excluding tert-OH is 4. The molecule has 5 atom stereocenters. The summed E-state index contributed by atoms with van der Waals surface area (Å²) in [5.74, 6) is 0.460. The van der Waals surface area contributed by atoms with Gasteiger partial charge in [0.1, 0.15) is 30.2 Å². The molecule has 2 rings (SSSR count). The lowest BCUT2D eigenvalue weighted by Gasteiger charge is -2.39.